The molecule has 0 aliphatic rings. The van der Waals surface area contributed by atoms with E-state index in [1.807, 2.05) is 6.07 Å². The smallest absolute Gasteiger partial charge is 0.312 e. The molecule has 0 N–H and O–H groups in total. The van der Waals surface area contributed by atoms with Gasteiger partial charge in [0.1, 0.15) is 11.5 Å². The van der Waals surface area contributed by atoms with Gasteiger partial charge in [0.15, 0.2) is 11.7 Å². The normalized spacial score (nSPS) is 12.1. The molecule has 0 radical (unpaired) electrons. The van der Waals surface area contributed by atoms with Crippen LogP contribution < -0.4 is 0 Å². The second-order valence-electron chi connectivity index (χ2n) is 5.31. The maximum absolute atomic E-state index is 12.9. The average Bonchev–Trinajstić information content (AvgIpc) is 2.98. The summed E-state index contributed by atoms with van der Waals surface area (Å²) in [6, 6.07) is 12.2. The number of benzene rings is 2. The molecule has 0 spiro atoms. The monoisotopic (exact) mass is 327 g/mol. The number of Topliss-reactive ketones (excluding diaryl/α,β-unsaturated/α-hetero) is 1. The first-order valence-electron chi connectivity index (χ1n) is 7.37. The number of esters is 1. The first kappa shape index (κ1) is 15.9. The second-order valence-corrected chi connectivity index (χ2v) is 5.31. The van der Waals surface area contributed by atoms with Crippen LogP contribution in [-0.2, 0) is 16.0 Å². The molecule has 0 saturated carbocycles. The number of hydrogen-bond acceptors (Lipinski definition) is 5. The van der Waals surface area contributed by atoms with Crippen LogP contribution in [0.25, 0.3) is 11.0 Å². The number of halogens is 1. The number of rotatable bonds is 5. The van der Waals surface area contributed by atoms with Gasteiger partial charge in [-0.1, -0.05) is 17.3 Å². The van der Waals surface area contributed by atoms with Crippen molar-refractivity contribution < 1.29 is 23.2 Å². The zero-order valence-corrected chi connectivity index (χ0v) is 12.9. The number of aromatic nitrogens is 1. The Bertz CT molecular complexity index is 885. The predicted octanol–water partition coefficient (Wildman–Crippen LogP) is 3.32. The summed E-state index contributed by atoms with van der Waals surface area (Å²) in [4.78, 5) is 24.2. The molecule has 122 valence electrons. The van der Waals surface area contributed by atoms with Crippen LogP contribution in [0.1, 0.15) is 23.0 Å². The molecular formula is C18H14FNO4. The predicted molar refractivity (Wildman–Crippen MR) is 84.0 cm³/mol. The molecule has 1 aromatic heterocycles. The number of carbonyl (C=O) groups excluding carboxylic acids is 2. The van der Waals surface area contributed by atoms with Gasteiger partial charge in [-0.3, -0.25) is 9.59 Å². The van der Waals surface area contributed by atoms with Gasteiger partial charge in [0.05, 0.1) is 6.42 Å². The van der Waals surface area contributed by atoms with E-state index in [9.17, 15) is 14.0 Å². The Kier molecular flexibility index (Phi) is 4.37. The van der Waals surface area contributed by atoms with Crippen molar-refractivity contribution in [2.24, 2.45) is 0 Å². The number of nitrogens with zero attached hydrogens (tertiary/aromatic N) is 1. The minimum absolute atomic E-state index is 0.0992. The number of ketones is 1. The van der Waals surface area contributed by atoms with E-state index in [1.54, 1.807) is 18.2 Å². The summed E-state index contributed by atoms with van der Waals surface area (Å²) in [5.74, 6) is -1.42. The summed E-state index contributed by atoms with van der Waals surface area (Å²) < 4.78 is 23.2. The Labute approximate surface area is 137 Å². The van der Waals surface area contributed by atoms with Crippen LogP contribution in [0.15, 0.2) is 53.1 Å². The summed E-state index contributed by atoms with van der Waals surface area (Å²) in [6.45, 7) is 1.48. The topological polar surface area (TPSA) is 69.4 Å². The third kappa shape index (κ3) is 3.32. The van der Waals surface area contributed by atoms with Crippen LogP contribution in [-0.4, -0.2) is 23.0 Å². The summed E-state index contributed by atoms with van der Waals surface area (Å²) in [5, 5.41) is 4.58. The molecule has 0 fully saturated rings. The highest BCUT2D eigenvalue weighted by Crippen LogP contribution is 2.18. The maximum Gasteiger partial charge on any atom is 0.312 e. The van der Waals surface area contributed by atoms with Crippen LogP contribution in [0.4, 0.5) is 4.39 Å². The molecule has 1 heterocycles. The summed E-state index contributed by atoms with van der Waals surface area (Å²) in [6.07, 6.45) is -1.07. The number of fused-ring (bicyclic) bond motifs is 1. The third-order valence-electron chi connectivity index (χ3n) is 3.57. The number of para-hydroxylation sites is 1. The van der Waals surface area contributed by atoms with Gasteiger partial charge in [0, 0.05) is 10.9 Å². The number of ether oxygens (including phenoxy) is 1. The lowest BCUT2D eigenvalue weighted by Gasteiger charge is -2.11. The average molecular weight is 327 g/mol. The molecule has 0 bridgehead atoms. The molecule has 5 nitrogen and oxygen atoms in total. The highest BCUT2D eigenvalue weighted by atomic mass is 19.1. The largest absolute Gasteiger partial charge is 0.454 e. The number of hydrogen-bond donors (Lipinski definition) is 0. The van der Waals surface area contributed by atoms with Crippen molar-refractivity contribution in [1.29, 1.82) is 0 Å². The van der Waals surface area contributed by atoms with Crippen molar-refractivity contribution in [3.63, 3.8) is 0 Å². The van der Waals surface area contributed by atoms with Gasteiger partial charge in [-0.05, 0) is 43.3 Å². The Hall–Kier alpha value is -3.02. The molecule has 6 heteroatoms. The number of carbonyl (C=O) groups is 2. The highest BCUT2D eigenvalue weighted by molar-refractivity contribution is 6.00. The Morgan fingerprint density at radius 1 is 1.17 bits per heavy atom. The van der Waals surface area contributed by atoms with E-state index in [1.165, 1.54) is 31.2 Å². The quantitative estimate of drug-likeness (QED) is 0.531. The van der Waals surface area contributed by atoms with Crippen molar-refractivity contribution in [2.45, 2.75) is 19.4 Å². The van der Waals surface area contributed by atoms with E-state index >= 15 is 0 Å². The lowest BCUT2D eigenvalue weighted by atomic mass is 10.1. The molecule has 1 atom stereocenters. The molecule has 0 saturated heterocycles. The van der Waals surface area contributed by atoms with Crippen molar-refractivity contribution >= 4 is 22.7 Å². The fourth-order valence-corrected chi connectivity index (χ4v) is 2.34. The van der Waals surface area contributed by atoms with Gasteiger partial charge in [0.25, 0.3) is 0 Å². The lowest BCUT2D eigenvalue weighted by Crippen LogP contribution is -2.25. The molecule has 3 aromatic rings. The lowest BCUT2D eigenvalue weighted by molar-refractivity contribution is -0.145. The Morgan fingerprint density at radius 3 is 2.62 bits per heavy atom. The highest BCUT2D eigenvalue weighted by Gasteiger charge is 2.21. The van der Waals surface area contributed by atoms with E-state index in [0.717, 1.165) is 5.39 Å². The SMILES string of the molecule is C[C@@H](OC(=O)Cc1noc2ccccc12)C(=O)c1ccc(F)cc1. The third-order valence-corrected chi connectivity index (χ3v) is 3.57. The molecule has 0 aliphatic heterocycles. The zero-order valence-electron chi connectivity index (χ0n) is 12.9. The summed E-state index contributed by atoms with van der Waals surface area (Å²) in [5.41, 5.74) is 1.32. The first-order chi connectivity index (χ1) is 11.5. The van der Waals surface area contributed by atoms with Crippen LogP contribution in [0, 0.1) is 5.82 Å². The van der Waals surface area contributed by atoms with E-state index in [2.05, 4.69) is 5.16 Å². The fraction of sp³-hybridized carbons (Fsp3) is 0.167. The van der Waals surface area contributed by atoms with Crippen molar-refractivity contribution in [3.05, 3.63) is 65.6 Å². The van der Waals surface area contributed by atoms with Gasteiger partial charge in [-0.25, -0.2) is 4.39 Å². The maximum atomic E-state index is 12.9. The van der Waals surface area contributed by atoms with E-state index < -0.39 is 23.7 Å². The molecule has 24 heavy (non-hydrogen) atoms. The molecule has 3 rings (SSSR count). The van der Waals surface area contributed by atoms with Crippen LogP contribution in [0.3, 0.4) is 0 Å². The summed E-state index contributed by atoms with van der Waals surface area (Å²) >= 11 is 0. The van der Waals surface area contributed by atoms with Gasteiger partial charge in [0.2, 0.25) is 5.78 Å². The molecule has 2 aromatic carbocycles. The second kappa shape index (κ2) is 6.62. The fourth-order valence-electron chi connectivity index (χ4n) is 2.34. The van der Waals surface area contributed by atoms with E-state index in [0.29, 0.717) is 11.3 Å². The Morgan fingerprint density at radius 2 is 1.88 bits per heavy atom. The summed E-state index contributed by atoms with van der Waals surface area (Å²) in [7, 11) is 0. The van der Waals surface area contributed by atoms with E-state index in [-0.39, 0.29) is 12.0 Å². The zero-order chi connectivity index (χ0) is 17.1. The minimum atomic E-state index is -0.971. The van der Waals surface area contributed by atoms with Crippen LogP contribution >= 0.6 is 0 Å². The van der Waals surface area contributed by atoms with Crippen molar-refractivity contribution in [2.75, 3.05) is 0 Å². The van der Waals surface area contributed by atoms with Crippen molar-refractivity contribution in [1.82, 2.24) is 5.16 Å². The van der Waals surface area contributed by atoms with Gasteiger partial charge < -0.3 is 9.26 Å². The van der Waals surface area contributed by atoms with E-state index in [4.69, 9.17) is 9.26 Å². The van der Waals surface area contributed by atoms with Gasteiger partial charge >= 0.3 is 5.97 Å². The van der Waals surface area contributed by atoms with Gasteiger partial charge in [-0.15, -0.1) is 0 Å². The molecule has 0 aliphatic carbocycles. The van der Waals surface area contributed by atoms with Gasteiger partial charge in [-0.2, -0.15) is 0 Å². The standard InChI is InChI=1S/C18H14FNO4/c1-11(18(22)12-6-8-13(19)9-7-12)23-17(21)10-15-14-4-2-3-5-16(14)24-20-15/h2-9,11H,10H2,1H3/t11-/m1/s1. The first-order valence-corrected chi connectivity index (χ1v) is 7.37. The molecule has 0 unspecified atom stereocenters. The molecular weight excluding hydrogens is 313 g/mol. The van der Waals surface area contributed by atoms with Crippen molar-refractivity contribution in [3.8, 4) is 0 Å². The minimum Gasteiger partial charge on any atom is -0.454 e. The van der Waals surface area contributed by atoms with Crippen LogP contribution in [0.5, 0.6) is 0 Å². The molecule has 0 amide bonds. The van der Waals surface area contributed by atoms with Crippen LogP contribution in [0.2, 0.25) is 0 Å². The Balaban J connectivity index is 1.66.